The van der Waals surface area contributed by atoms with Crippen molar-refractivity contribution in [2.24, 2.45) is 0 Å². The van der Waals surface area contributed by atoms with E-state index in [2.05, 4.69) is 66.7 Å². The fourth-order valence-electron chi connectivity index (χ4n) is 6.22. The molecule has 4 fully saturated rings. The summed E-state index contributed by atoms with van der Waals surface area (Å²) in [5.74, 6) is -0.159. The lowest BCUT2D eigenvalue weighted by Crippen LogP contribution is -2.55. The van der Waals surface area contributed by atoms with E-state index in [4.69, 9.17) is 37.9 Å². The molecule has 4 heterocycles. The van der Waals surface area contributed by atoms with Crippen LogP contribution in [-0.4, -0.2) is 77.3 Å². The Labute approximate surface area is 269 Å². The summed E-state index contributed by atoms with van der Waals surface area (Å²) in [4.78, 5) is 0. The fourth-order valence-corrected chi connectivity index (χ4v) is 6.22. The van der Waals surface area contributed by atoms with Crippen LogP contribution >= 0.6 is 0 Å². The van der Waals surface area contributed by atoms with Crippen molar-refractivity contribution in [1.82, 2.24) is 0 Å². The molecule has 238 valence electrons. The molecule has 4 saturated heterocycles. The van der Waals surface area contributed by atoms with E-state index < -0.39 is 11.2 Å². The summed E-state index contributed by atoms with van der Waals surface area (Å²) in [6.07, 6.45) is 0.0532. The Kier molecular flexibility index (Phi) is 8.24. The van der Waals surface area contributed by atoms with Gasteiger partial charge in [-0.3, -0.25) is 0 Å². The van der Waals surface area contributed by atoms with E-state index >= 15 is 0 Å². The Balaban J connectivity index is 1.43. The zero-order valence-electron chi connectivity index (χ0n) is 25.6. The molecule has 0 spiro atoms. The van der Waals surface area contributed by atoms with Crippen LogP contribution in [0.5, 0.6) is 11.5 Å². The van der Waals surface area contributed by atoms with Crippen molar-refractivity contribution in [2.75, 3.05) is 52.9 Å². The Bertz CT molecular complexity index is 1530. The van der Waals surface area contributed by atoms with Gasteiger partial charge < -0.3 is 37.9 Å². The smallest absolute Gasteiger partial charge is 0.213 e. The van der Waals surface area contributed by atoms with E-state index in [0.29, 0.717) is 64.4 Å². The summed E-state index contributed by atoms with van der Waals surface area (Å²) in [7, 11) is 0. The van der Waals surface area contributed by atoms with Crippen molar-refractivity contribution in [3.05, 3.63) is 131 Å². The Hall–Kier alpha value is -3.76. The van der Waals surface area contributed by atoms with Crippen LogP contribution in [-0.2, 0) is 39.6 Å². The molecule has 46 heavy (non-hydrogen) atoms. The van der Waals surface area contributed by atoms with E-state index in [0.717, 1.165) is 22.3 Å². The number of hydrogen-bond donors (Lipinski definition) is 0. The SMILES string of the molecule is c1ccc(C(OCC2CO2)(OCC2CO2)C(c2ccccc2)(c2ccccc2)c2cccc(OCC3CO3)c2OCC2CO2)cc1. The summed E-state index contributed by atoms with van der Waals surface area (Å²) in [5, 5.41) is 0. The first-order valence-corrected chi connectivity index (χ1v) is 16.1. The number of rotatable bonds is 17. The molecule has 0 radical (unpaired) electrons. The van der Waals surface area contributed by atoms with Crippen LogP contribution in [0.2, 0.25) is 0 Å². The second-order valence-electron chi connectivity index (χ2n) is 12.2. The van der Waals surface area contributed by atoms with E-state index in [-0.39, 0.29) is 24.4 Å². The number of benzene rings is 4. The van der Waals surface area contributed by atoms with Gasteiger partial charge in [-0.15, -0.1) is 0 Å². The molecule has 4 aromatic carbocycles. The molecule has 8 nitrogen and oxygen atoms in total. The average molecular weight is 623 g/mol. The molecule has 4 aliphatic rings. The highest BCUT2D eigenvalue weighted by molar-refractivity contribution is 5.63. The molecule has 0 N–H and O–H groups in total. The monoisotopic (exact) mass is 622 g/mol. The first kappa shape index (κ1) is 29.6. The van der Waals surface area contributed by atoms with Crippen molar-refractivity contribution < 1.29 is 37.9 Å². The molecule has 8 heteroatoms. The largest absolute Gasteiger partial charge is 0.487 e. The predicted molar refractivity (Wildman–Crippen MR) is 169 cm³/mol. The Morgan fingerprint density at radius 2 is 0.913 bits per heavy atom. The molecule has 0 saturated carbocycles. The third-order valence-corrected chi connectivity index (χ3v) is 8.84. The number of para-hydroxylation sites is 1. The second-order valence-corrected chi connectivity index (χ2v) is 12.2. The molecular formula is C38H38O8. The minimum atomic E-state index is -1.40. The minimum Gasteiger partial charge on any atom is -0.487 e. The van der Waals surface area contributed by atoms with Crippen LogP contribution in [0.15, 0.2) is 109 Å². The molecule has 4 aromatic rings. The summed E-state index contributed by atoms with van der Waals surface area (Å²) in [5.41, 5.74) is 2.52. The van der Waals surface area contributed by atoms with Gasteiger partial charge in [0.05, 0.1) is 39.6 Å². The quantitative estimate of drug-likeness (QED) is 0.0896. The topological polar surface area (TPSA) is 87.0 Å². The molecule has 0 aliphatic carbocycles. The van der Waals surface area contributed by atoms with Crippen molar-refractivity contribution in [1.29, 1.82) is 0 Å². The first-order chi connectivity index (χ1) is 22.8. The fraction of sp³-hybridized carbons (Fsp3) is 0.368. The lowest BCUT2D eigenvalue weighted by atomic mass is 9.61. The Morgan fingerprint density at radius 3 is 1.39 bits per heavy atom. The van der Waals surface area contributed by atoms with Gasteiger partial charge in [0.25, 0.3) is 0 Å². The van der Waals surface area contributed by atoms with Gasteiger partial charge >= 0.3 is 0 Å². The minimum absolute atomic E-state index is 0.0240. The maximum Gasteiger partial charge on any atom is 0.213 e. The van der Waals surface area contributed by atoms with E-state index in [9.17, 15) is 0 Å². The zero-order chi connectivity index (χ0) is 30.8. The van der Waals surface area contributed by atoms with E-state index in [1.54, 1.807) is 0 Å². The second kappa shape index (κ2) is 12.8. The third-order valence-electron chi connectivity index (χ3n) is 8.84. The maximum absolute atomic E-state index is 7.24. The van der Waals surface area contributed by atoms with Crippen molar-refractivity contribution in [3.8, 4) is 11.5 Å². The number of epoxide rings is 4. The van der Waals surface area contributed by atoms with Gasteiger partial charge in [0.15, 0.2) is 11.5 Å². The molecule has 0 amide bonds. The van der Waals surface area contributed by atoms with Crippen LogP contribution in [0, 0.1) is 0 Å². The zero-order valence-corrected chi connectivity index (χ0v) is 25.6. The van der Waals surface area contributed by atoms with E-state index in [1.807, 2.05) is 42.5 Å². The number of hydrogen-bond acceptors (Lipinski definition) is 8. The molecule has 8 rings (SSSR count). The van der Waals surface area contributed by atoms with Crippen LogP contribution in [0.1, 0.15) is 22.3 Å². The highest BCUT2D eigenvalue weighted by Gasteiger charge is 2.61. The van der Waals surface area contributed by atoms with Crippen LogP contribution < -0.4 is 9.47 Å². The first-order valence-electron chi connectivity index (χ1n) is 16.1. The molecule has 4 aliphatic heterocycles. The van der Waals surface area contributed by atoms with Crippen LogP contribution in [0.3, 0.4) is 0 Å². The van der Waals surface area contributed by atoms with Crippen molar-refractivity contribution >= 4 is 0 Å². The average Bonchev–Trinajstić information content (AvgIpc) is 3.92. The highest BCUT2D eigenvalue weighted by atomic mass is 16.7. The molecule has 4 atom stereocenters. The molecule has 0 aromatic heterocycles. The summed E-state index contributed by atoms with van der Waals surface area (Å²) < 4.78 is 50.2. The lowest BCUT2D eigenvalue weighted by molar-refractivity contribution is -0.276. The molecule has 4 unspecified atom stereocenters. The normalized spacial score (nSPS) is 24.1. The lowest BCUT2D eigenvalue weighted by Gasteiger charge is -2.51. The van der Waals surface area contributed by atoms with Gasteiger partial charge in [0, 0.05) is 11.1 Å². The summed E-state index contributed by atoms with van der Waals surface area (Å²) >= 11 is 0. The van der Waals surface area contributed by atoms with Crippen molar-refractivity contribution in [3.63, 3.8) is 0 Å². The maximum atomic E-state index is 7.24. The summed E-state index contributed by atoms with van der Waals surface area (Å²) in [6, 6.07) is 37.1. The highest BCUT2D eigenvalue weighted by Crippen LogP contribution is 2.58. The van der Waals surface area contributed by atoms with Gasteiger partial charge in [-0.05, 0) is 17.2 Å². The van der Waals surface area contributed by atoms with Gasteiger partial charge in [-0.2, -0.15) is 0 Å². The standard InChI is InChI=1S/C38H38O8/c1-4-11-27(12-5-1)37(28-13-6-2-7-14-28,34-17-10-18-35(43-23-30-19-39-30)36(34)44-24-31-20-40-31)38(45-25-32-21-41-32,46-26-33-22-42-33)29-15-8-3-9-16-29/h1-18,30-33H,19-26H2. The van der Waals surface area contributed by atoms with Crippen molar-refractivity contribution in [2.45, 2.75) is 35.6 Å². The van der Waals surface area contributed by atoms with Crippen LogP contribution in [0.25, 0.3) is 0 Å². The molecular weight excluding hydrogens is 584 g/mol. The van der Waals surface area contributed by atoms with Gasteiger partial charge in [-0.1, -0.05) is 103 Å². The number of ether oxygens (including phenoxy) is 8. The Morgan fingerprint density at radius 1 is 0.478 bits per heavy atom. The molecule has 0 bridgehead atoms. The van der Waals surface area contributed by atoms with Gasteiger partial charge in [0.2, 0.25) is 5.79 Å². The van der Waals surface area contributed by atoms with Gasteiger partial charge in [-0.25, -0.2) is 0 Å². The predicted octanol–water partition coefficient (Wildman–Crippen LogP) is 5.26. The third kappa shape index (κ3) is 6.05. The van der Waals surface area contributed by atoms with E-state index in [1.165, 1.54) is 0 Å². The van der Waals surface area contributed by atoms with Crippen LogP contribution in [0.4, 0.5) is 0 Å². The van der Waals surface area contributed by atoms with Gasteiger partial charge in [0.1, 0.15) is 43.0 Å². The summed E-state index contributed by atoms with van der Waals surface area (Å²) in [6.45, 7) is 4.13.